The van der Waals surface area contributed by atoms with Crippen LogP contribution in [0.2, 0.25) is 0 Å². The summed E-state index contributed by atoms with van der Waals surface area (Å²) in [7, 11) is 0. The lowest BCUT2D eigenvalue weighted by Gasteiger charge is -2.21. The summed E-state index contributed by atoms with van der Waals surface area (Å²) in [5, 5.41) is 23.8. The van der Waals surface area contributed by atoms with Gasteiger partial charge < -0.3 is 9.13 Å². The summed E-state index contributed by atoms with van der Waals surface area (Å²) in [6.07, 6.45) is -4.76. The van der Waals surface area contributed by atoms with E-state index in [9.17, 15) is 23.7 Å². The standard InChI is InChI=1S/C55H35F3N10/c1-30-61-31(2)64-53(63-30)37-16-21-50-44(26-37)40-9-5-7-11-47(40)67(50)49-20-15-36(39-18-13-34(28-59)23-46(39)55(56,57)58)25-43(49)42-19-14-35(29-60)24-52(42)68-48-12-8-6-10-41(48)45-27-38(17-22-51(45)68)54-65-32(3)62-33(4)66-54/h5-27H,1-4H3. The second-order valence-corrected chi connectivity index (χ2v) is 16.6. The fourth-order valence-electron chi connectivity index (χ4n) is 9.46. The lowest BCUT2D eigenvalue weighted by Crippen LogP contribution is -2.08. The Kier molecular flexibility index (Phi) is 9.69. The van der Waals surface area contributed by atoms with Crippen molar-refractivity contribution < 1.29 is 13.2 Å². The second kappa shape index (κ2) is 15.8. The highest BCUT2D eigenvalue weighted by Crippen LogP contribution is 2.45. The molecule has 0 saturated carbocycles. The van der Waals surface area contributed by atoms with Gasteiger partial charge >= 0.3 is 6.18 Å². The Hall–Kier alpha value is -9.07. The second-order valence-electron chi connectivity index (χ2n) is 16.6. The van der Waals surface area contributed by atoms with Gasteiger partial charge in [0, 0.05) is 43.8 Å². The number of alkyl halides is 3. The third-order valence-electron chi connectivity index (χ3n) is 12.2. The summed E-state index contributed by atoms with van der Waals surface area (Å²) in [5.74, 6) is 3.49. The van der Waals surface area contributed by atoms with Crippen molar-refractivity contribution in [1.29, 1.82) is 10.5 Å². The normalized spacial score (nSPS) is 11.7. The predicted octanol–water partition coefficient (Wildman–Crippen LogP) is 12.9. The van der Waals surface area contributed by atoms with E-state index in [1.54, 1.807) is 18.2 Å². The third kappa shape index (κ3) is 6.96. The number of halogens is 3. The number of hydrogen-bond acceptors (Lipinski definition) is 8. The number of benzene rings is 7. The Morgan fingerprint density at radius 1 is 0.412 bits per heavy atom. The van der Waals surface area contributed by atoms with Crippen molar-refractivity contribution in [2.45, 2.75) is 33.9 Å². The molecular formula is C55H35F3N10. The molecule has 7 aromatic carbocycles. The molecular weight excluding hydrogens is 858 g/mol. The van der Waals surface area contributed by atoms with Crippen LogP contribution >= 0.6 is 0 Å². The van der Waals surface area contributed by atoms with Crippen LogP contribution < -0.4 is 0 Å². The first-order valence-corrected chi connectivity index (χ1v) is 21.6. The average Bonchev–Trinajstić information content (AvgIpc) is 3.84. The van der Waals surface area contributed by atoms with E-state index < -0.39 is 11.7 Å². The monoisotopic (exact) mass is 892 g/mol. The van der Waals surface area contributed by atoms with E-state index in [0.29, 0.717) is 63.0 Å². The smallest absolute Gasteiger partial charge is 0.309 e. The Bertz CT molecular complexity index is 3960. The number of aryl methyl sites for hydroxylation is 4. The number of nitrogens with zero attached hydrogens (tertiary/aromatic N) is 10. The van der Waals surface area contributed by atoms with Gasteiger partial charge in [0.05, 0.1) is 62.3 Å². The van der Waals surface area contributed by atoms with Crippen LogP contribution in [-0.2, 0) is 6.18 Å². The van der Waals surface area contributed by atoms with Gasteiger partial charge in [0.25, 0.3) is 0 Å². The zero-order valence-corrected chi connectivity index (χ0v) is 36.9. The minimum atomic E-state index is -4.76. The molecule has 0 bridgehead atoms. The number of aromatic nitrogens is 8. The highest BCUT2D eigenvalue weighted by molar-refractivity contribution is 6.12. The molecule has 0 unspecified atom stereocenters. The summed E-state index contributed by atoms with van der Waals surface area (Å²) in [6, 6.07) is 46.6. The SMILES string of the molecule is Cc1nc(C)nc(-c2ccc3c(c2)c2ccccc2n3-c2ccc(-c3ccc(C#N)cc3C(F)(F)F)cc2-c2ccc(C#N)cc2-n2c3ccccc3c3cc(-c4nc(C)nc(C)n4)ccc32)n1. The first-order chi connectivity index (χ1) is 32.9. The van der Waals surface area contributed by atoms with Gasteiger partial charge in [0.2, 0.25) is 0 Å². The molecule has 0 radical (unpaired) electrons. The maximum absolute atomic E-state index is 15.0. The van der Waals surface area contributed by atoms with Crippen molar-refractivity contribution in [2.24, 2.45) is 0 Å². The van der Waals surface area contributed by atoms with Crippen molar-refractivity contribution in [3.8, 4) is 68.5 Å². The zero-order chi connectivity index (χ0) is 47.0. The fourth-order valence-corrected chi connectivity index (χ4v) is 9.46. The number of hydrogen-bond donors (Lipinski definition) is 0. The van der Waals surface area contributed by atoms with E-state index >= 15 is 0 Å². The van der Waals surface area contributed by atoms with Crippen LogP contribution in [0.1, 0.15) is 40.0 Å². The molecule has 11 aromatic rings. The Morgan fingerprint density at radius 3 is 1.38 bits per heavy atom. The zero-order valence-electron chi connectivity index (χ0n) is 36.9. The van der Waals surface area contributed by atoms with Gasteiger partial charge in [0.15, 0.2) is 11.6 Å². The van der Waals surface area contributed by atoms with Gasteiger partial charge in [0.1, 0.15) is 23.3 Å². The molecule has 0 atom stereocenters. The molecule has 0 aliphatic carbocycles. The van der Waals surface area contributed by atoms with E-state index in [0.717, 1.165) is 60.8 Å². The minimum Gasteiger partial charge on any atom is -0.309 e. The highest BCUT2D eigenvalue weighted by atomic mass is 19.4. The molecule has 0 aliphatic rings. The third-order valence-corrected chi connectivity index (χ3v) is 12.2. The van der Waals surface area contributed by atoms with E-state index in [1.807, 2.05) is 125 Å². The Labute approximate surface area is 386 Å². The molecule has 0 amide bonds. The van der Waals surface area contributed by atoms with E-state index in [2.05, 4.69) is 57.2 Å². The lowest BCUT2D eigenvalue weighted by molar-refractivity contribution is -0.137. The average molecular weight is 893 g/mol. The van der Waals surface area contributed by atoms with Crippen molar-refractivity contribution in [3.05, 3.63) is 180 Å². The van der Waals surface area contributed by atoms with Gasteiger partial charge in [-0.1, -0.05) is 54.6 Å². The molecule has 0 fully saturated rings. The van der Waals surface area contributed by atoms with Gasteiger partial charge in [-0.05, 0) is 124 Å². The highest BCUT2D eigenvalue weighted by Gasteiger charge is 2.34. The van der Waals surface area contributed by atoms with Crippen LogP contribution in [0.4, 0.5) is 13.2 Å². The van der Waals surface area contributed by atoms with Crippen LogP contribution in [0.5, 0.6) is 0 Å². The summed E-state index contributed by atoms with van der Waals surface area (Å²) < 4.78 is 49.1. The predicted molar refractivity (Wildman–Crippen MR) is 257 cm³/mol. The summed E-state index contributed by atoms with van der Waals surface area (Å²) in [5.41, 5.74) is 7.08. The molecule has 4 heterocycles. The fraction of sp³-hybridized carbons (Fsp3) is 0.0909. The van der Waals surface area contributed by atoms with Gasteiger partial charge in [-0.15, -0.1) is 0 Å². The van der Waals surface area contributed by atoms with Gasteiger partial charge in [-0.25, -0.2) is 29.9 Å². The van der Waals surface area contributed by atoms with Crippen LogP contribution in [0.25, 0.3) is 100 Å². The van der Waals surface area contributed by atoms with Crippen molar-refractivity contribution in [2.75, 3.05) is 0 Å². The summed E-state index contributed by atoms with van der Waals surface area (Å²) in [4.78, 5) is 27.3. The Morgan fingerprint density at radius 2 is 0.868 bits per heavy atom. The largest absolute Gasteiger partial charge is 0.417 e. The minimum absolute atomic E-state index is 0.0810. The molecule has 0 spiro atoms. The molecule has 0 aliphatic heterocycles. The maximum Gasteiger partial charge on any atom is 0.417 e. The molecule has 4 aromatic heterocycles. The van der Waals surface area contributed by atoms with Crippen LogP contribution in [0.3, 0.4) is 0 Å². The van der Waals surface area contributed by atoms with E-state index in [-0.39, 0.29) is 16.7 Å². The maximum atomic E-state index is 15.0. The number of fused-ring (bicyclic) bond motifs is 6. The number of rotatable bonds is 6. The topological polar surface area (TPSA) is 135 Å². The Balaban J connectivity index is 1.22. The quantitative estimate of drug-likeness (QED) is 0.161. The molecule has 326 valence electrons. The molecule has 11 rings (SSSR count). The number of para-hydroxylation sites is 2. The van der Waals surface area contributed by atoms with E-state index in [4.69, 9.17) is 0 Å². The molecule has 13 heteroatoms. The van der Waals surface area contributed by atoms with E-state index in [1.165, 1.54) is 12.1 Å². The molecule has 0 saturated heterocycles. The van der Waals surface area contributed by atoms with Crippen molar-refractivity contribution in [3.63, 3.8) is 0 Å². The molecule has 0 N–H and O–H groups in total. The number of nitriles is 2. The van der Waals surface area contributed by atoms with Crippen molar-refractivity contribution in [1.82, 2.24) is 39.0 Å². The van der Waals surface area contributed by atoms with Gasteiger partial charge in [-0.2, -0.15) is 23.7 Å². The molecule has 68 heavy (non-hydrogen) atoms. The summed E-state index contributed by atoms with van der Waals surface area (Å²) in [6.45, 7) is 7.32. The van der Waals surface area contributed by atoms with Crippen LogP contribution in [-0.4, -0.2) is 39.0 Å². The van der Waals surface area contributed by atoms with Gasteiger partial charge in [-0.3, -0.25) is 0 Å². The molecule has 10 nitrogen and oxygen atoms in total. The first kappa shape index (κ1) is 41.6. The lowest BCUT2D eigenvalue weighted by atomic mass is 9.92. The van der Waals surface area contributed by atoms with Crippen molar-refractivity contribution >= 4 is 43.6 Å². The van der Waals surface area contributed by atoms with Crippen LogP contribution in [0, 0.1) is 50.4 Å². The van der Waals surface area contributed by atoms with Crippen LogP contribution in [0.15, 0.2) is 140 Å². The summed E-state index contributed by atoms with van der Waals surface area (Å²) >= 11 is 0. The first-order valence-electron chi connectivity index (χ1n) is 21.6.